The Morgan fingerprint density at radius 1 is 1.19 bits per heavy atom. The predicted octanol–water partition coefficient (Wildman–Crippen LogP) is 4.04. The first-order chi connectivity index (χ1) is 14.8. The fourth-order valence-corrected chi connectivity index (χ4v) is 5.97. The number of nitro benzene ring substituents is 1. The second kappa shape index (κ2) is 8.88. The zero-order chi connectivity index (χ0) is 22.0. The van der Waals surface area contributed by atoms with Crippen LogP contribution in [0.4, 0.5) is 5.69 Å². The van der Waals surface area contributed by atoms with Crippen LogP contribution in [-0.2, 0) is 23.0 Å². The molecule has 9 heteroatoms. The van der Waals surface area contributed by atoms with Crippen LogP contribution in [0.25, 0.3) is 0 Å². The number of hydrogen-bond acceptors (Lipinski definition) is 6. The molecule has 0 amide bonds. The van der Waals surface area contributed by atoms with Gasteiger partial charge in [-0.25, -0.2) is 13.1 Å². The van der Waals surface area contributed by atoms with Gasteiger partial charge in [-0.3, -0.25) is 15.0 Å². The Labute approximate surface area is 185 Å². The molecule has 31 heavy (non-hydrogen) atoms. The summed E-state index contributed by atoms with van der Waals surface area (Å²) in [6.07, 6.45) is 0.910. The highest BCUT2D eigenvalue weighted by Gasteiger charge is 2.28. The highest BCUT2D eigenvalue weighted by Crippen LogP contribution is 2.29. The molecular formula is C22H23N3O4S2. The Hall–Kier alpha value is -2.59. The van der Waals surface area contributed by atoms with Crippen LogP contribution in [0.15, 0.2) is 64.2 Å². The lowest BCUT2D eigenvalue weighted by Gasteiger charge is -2.35. The normalized spacial score (nSPS) is 15.4. The lowest BCUT2D eigenvalue weighted by atomic mass is 9.97. The van der Waals surface area contributed by atoms with Crippen molar-refractivity contribution in [1.29, 1.82) is 0 Å². The van der Waals surface area contributed by atoms with E-state index in [1.54, 1.807) is 18.3 Å². The Bertz CT molecular complexity index is 1190. The fraction of sp³-hybridized carbons (Fsp3) is 0.273. The van der Waals surface area contributed by atoms with Gasteiger partial charge in [-0.2, -0.15) is 11.3 Å². The van der Waals surface area contributed by atoms with E-state index >= 15 is 0 Å². The maximum atomic E-state index is 13.0. The van der Waals surface area contributed by atoms with Crippen LogP contribution >= 0.6 is 11.3 Å². The van der Waals surface area contributed by atoms with Crippen molar-refractivity contribution in [2.75, 3.05) is 13.1 Å². The molecule has 1 aliphatic heterocycles. The summed E-state index contributed by atoms with van der Waals surface area (Å²) in [7, 11) is -3.91. The summed E-state index contributed by atoms with van der Waals surface area (Å²) in [5, 5.41) is 15.1. The molecule has 1 aliphatic rings. The van der Waals surface area contributed by atoms with Crippen LogP contribution in [0.1, 0.15) is 28.3 Å². The van der Waals surface area contributed by atoms with E-state index in [1.165, 1.54) is 23.3 Å². The number of non-ortho nitro benzene ring substituents is 1. The van der Waals surface area contributed by atoms with E-state index in [4.69, 9.17) is 0 Å². The van der Waals surface area contributed by atoms with Crippen molar-refractivity contribution in [3.8, 4) is 0 Å². The first kappa shape index (κ1) is 21.6. The molecule has 1 aromatic heterocycles. The molecule has 7 nitrogen and oxygen atoms in total. The summed E-state index contributed by atoms with van der Waals surface area (Å²) in [5.74, 6) is 0. The molecule has 4 rings (SSSR count). The molecule has 0 saturated heterocycles. The Balaban J connectivity index is 1.58. The molecule has 2 aromatic carbocycles. The minimum atomic E-state index is -3.91. The quantitative estimate of drug-likeness (QED) is 0.427. The molecule has 0 bridgehead atoms. The van der Waals surface area contributed by atoms with E-state index in [2.05, 4.69) is 21.8 Å². The summed E-state index contributed by atoms with van der Waals surface area (Å²) in [6.45, 7) is 3.39. The lowest BCUT2D eigenvalue weighted by molar-refractivity contribution is -0.385. The van der Waals surface area contributed by atoms with E-state index < -0.39 is 14.9 Å². The lowest BCUT2D eigenvalue weighted by Crippen LogP contribution is -2.40. The maximum absolute atomic E-state index is 13.0. The fourth-order valence-electron chi connectivity index (χ4n) is 3.96. The van der Waals surface area contributed by atoms with Crippen molar-refractivity contribution in [3.63, 3.8) is 0 Å². The van der Waals surface area contributed by atoms with Crippen molar-refractivity contribution >= 4 is 27.0 Å². The summed E-state index contributed by atoms with van der Waals surface area (Å²) in [5.41, 5.74) is 3.87. The highest BCUT2D eigenvalue weighted by atomic mass is 32.2. The molecule has 0 radical (unpaired) electrons. The predicted molar refractivity (Wildman–Crippen MR) is 121 cm³/mol. The summed E-state index contributed by atoms with van der Waals surface area (Å²) in [4.78, 5) is 12.7. The average Bonchev–Trinajstić information content (AvgIpc) is 3.28. The molecule has 2 heterocycles. The molecule has 1 N–H and O–H groups in total. The molecule has 1 atom stereocenters. The molecule has 0 spiro atoms. The summed E-state index contributed by atoms with van der Waals surface area (Å²) < 4.78 is 28.8. The van der Waals surface area contributed by atoms with Crippen molar-refractivity contribution in [3.05, 3.63) is 91.7 Å². The van der Waals surface area contributed by atoms with Gasteiger partial charge in [0.15, 0.2) is 0 Å². The van der Waals surface area contributed by atoms with Crippen LogP contribution in [0.3, 0.4) is 0 Å². The van der Waals surface area contributed by atoms with E-state index in [-0.39, 0.29) is 23.2 Å². The summed E-state index contributed by atoms with van der Waals surface area (Å²) in [6, 6.07) is 14.1. The Kier molecular flexibility index (Phi) is 6.19. The number of hydrogen-bond donors (Lipinski definition) is 1. The summed E-state index contributed by atoms with van der Waals surface area (Å²) >= 11 is 1.58. The number of fused-ring (bicyclic) bond motifs is 1. The highest BCUT2D eigenvalue weighted by molar-refractivity contribution is 7.89. The van der Waals surface area contributed by atoms with E-state index in [0.29, 0.717) is 5.56 Å². The van der Waals surface area contributed by atoms with Gasteiger partial charge in [-0.1, -0.05) is 30.3 Å². The van der Waals surface area contributed by atoms with Gasteiger partial charge in [0.05, 0.1) is 9.82 Å². The van der Waals surface area contributed by atoms with Crippen molar-refractivity contribution < 1.29 is 13.3 Å². The number of nitro groups is 1. The van der Waals surface area contributed by atoms with Crippen LogP contribution < -0.4 is 4.72 Å². The molecule has 0 fully saturated rings. The first-order valence-corrected chi connectivity index (χ1v) is 12.4. The van der Waals surface area contributed by atoms with Gasteiger partial charge >= 0.3 is 0 Å². The van der Waals surface area contributed by atoms with Gasteiger partial charge in [0.1, 0.15) is 0 Å². The van der Waals surface area contributed by atoms with Gasteiger partial charge in [-0.15, -0.1) is 0 Å². The van der Waals surface area contributed by atoms with E-state index in [1.807, 2.05) is 29.0 Å². The second-order valence-electron chi connectivity index (χ2n) is 7.62. The number of benzene rings is 2. The van der Waals surface area contributed by atoms with E-state index in [9.17, 15) is 18.5 Å². The minimum Gasteiger partial charge on any atom is -0.290 e. The Morgan fingerprint density at radius 3 is 2.68 bits per heavy atom. The van der Waals surface area contributed by atoms with Gasteiger partial charge < -0.3 is 0 Å². The third-order valence-electron chi connectivity index (χ3n) is 5.67. The smallest absolute Gasteiger partial charge is 0.270 e. The average molecular weight is 458 g/mol. The maximum Gasteiger partial charge on any atom is 0.270 e. The standard InChI is InChI=1S/C22H23N3O4S2/c1-16-6-7-20(25(26)27)12-22(16)31(28,29)23-13-21(19-9-11-30-15-19)24-10-8-17-4-2-3-5-18(17)14-24/h2-7,9,11-12,15,21,23H,8,10,13-14H2,1H3. The zero-order valence-corrected chi connectivity index (χ0v) is 18.7. The van der Waals surface area contributed by atoms with Crippen LogP contribution in [0.5, 0.6) is 0 Å². The number of rotatable bonds is 7. The van der Waals surface area contributed by atoms with Crippen molar-refractivity contribution in [2.24, 2.45) is 0 Å². The minimum absolute atomic E-state index is 0.0604. The van der Waals surface area contributed by atoms with Gasteiger partial charge in [0.2, 0.25) is 10.0 Å². The first-order valence-electron chi connectivity index (χ1n) is 9.93. The van der Waals surface area contributed by atoms with E-state index in [0.717, 1.165) is 31.1 Å². The van der Waals surface area contributed by atoms with Crippen molar-refractivity contribution in [1.82, 2.24) is 9.62 Å². The second-order valence-corrected chi connectivity index (χ2v) is 10.1. The number of sulfonamides is 1. The zero-order valence-electron chi connectivity index (χ0n) is 17.0. The van der Waals surface area contributed by atoms with Crippen molar-refractivity contribution in [2.45, 2.75) is 30.8 Å². The number of thiophene rings is 1. The van der Waals surface area contributed by atoms with Crippen LogP contribution in [0, 0.1) is 17.0 Å². The molecule has 3 aromatic rings. The topological polar surface area (TPSA) is 92.5 Å². The van der Waals surface area contributed by atoms with Crippen LogP contribution in [-0.4, -0.2) is 31.3 Å². The number of nitrogens with zero attached hydrogens (tertiary/aromatic N) is 2. The molecular weight excluding hydrogens is 434 g/mol. The molecule has 0 aliphatic carbocycles. The monoisotopic (exact) mass is 457 g/mol. The van der Waals surface area contributed by atoms with Gasteiger partial charge in [0.25, 0.3) is 5.69 Å². The molecule has 162 valence electrons. The molecule has 0 saturated carbocycles. The Morgan fingerprint density at radius 2 is 1.97 bits per heavy atom. The molecule has 1 unspecified atom stereocenters. The largest absolute Gasteiger partial charge is 0.290 e. The third-order valence-corrected chi connectivity index (χ3v) is 7.93. The van der Waals surface area contributed by atoms with Gasteiger partial charge in [0, 0.05) is 37.8 Å². The SMILES string of the molecule is Cc1ccc([N+](=O)[O-])cc1S(=O)(=O)NCC(c1ccsc1)N1CCc2ccccc2C1. The number of nitrogens with one attached hydrogen (secondary N) is 1. The van der Waals surface area contributed by atoms with Crippen LogP contribution in [0.2, 0.25) is 0 Å². The van der Waals surface area contributed by atoms with Gasteiger partial charge in [-0.05, 0) is 52.4 Å². The number of aryl methyl sites for hydroxylation is 1. The third kappa shape index (κ3) is 4.69.